The summed E-state index contributed by atoms with van der Waals surface area (Å²) in [4.78, 5) is 10.6. The van der Waals surface area contributed by atoms with E-state index in [0.29, 0.717) is 12.2 Å². The summed E-state index contributed by atoms with van der Waals surface area (Å²) in [6.07, 6.45) is 9.86. The highest BCUT2D eigenvalue weighted by Gasteiger charge is 1.99. The van der Waals surface area contributed by atoms with E-state index in [1.54, 1.807) is 6.92 Å². The second kappa shape index (κ2) is 9.75. The minimum atomic E-state index is -0.295. The van der Waals surface area contributed by atoms with Crippen LogP contribution in [-0.4, -0.2) is 12.6 Å². The summed E-state index contributed by atoms with van der Waals surface area (Å²) < 4.78 is 4.71. The van der Waals surface area contributed by atoms with Gasteiger partial charge in [-0.2, -0.15) is 0 Å². The van der Waals surface area contributed by atoms with Crippen LogP contribution in [0.3, 0.4) is 0 Å². The Morgan fingerprint density at radius 2 is 1.53 bits per heavy atom. The number of hydrogen-bond acceptors (Lipinski definition) is 2. The number of hydrogen-bond donors (Lipinski definition) is 0. The zero-order valence-electron chi connectivity index (χ0n) is 10.2. The Hall–Kier alpha value is -0.790. The monoisotopic (exact) mass is 212 g/mol. The van der Waals surface area contributed by atoms with Gasteiger partial charge in [0.25, 0.3) is 0 Å². The van der Waals surface area contributed by atoms with Crippen molar-refractivity contribution in [1.29, 1.82) is 0 Å². The molecule has 0 aliphatic heterocycles. The van der Waals surface area contributed by atoms with E-state index in [2.05, 4.69) is 6.58 Å². The molecular weight excluding hydrogens is 188 g/mol. The van der Waals surface area contributed by atoms with E-state index in [9.17, 15) is 4.79 Å². The second-order valence-electron chi connectivity index (χ2n) is 4.04. The smallest absolute Gasteiger partial charge is 0.333 e. The molecule has 0 unspecified atom stereocenters. The zero-order valence-corrected chi connectivity index (χ0v) is 10.2. The summed E-state index contributed by atoms with van der Waals surface area (Å²) in [5.41, 5.74) is 0.462. The molecule has 1 fully saturated rings. The van der Waals surface area contributed by atoms with Gasteiger partial charge in [0.2, 0.25) is 0 Å². The first-order valence-corrected chi connectivity index (χ1v) is 6.01. The van der Waals surface area contributed by atoms with Crippen molar-refractivity contribution in [2.24, 2.45) is 0 Å². The number of rotatable bonds is 3. The lowest BCUT2D eigenvalue weighted by Crippen LogP contribution is -2.04. The van der Waals surface area contributed by atoms with Gasteiger partial charge in [0, 0.05) is 5.57 Å². The number of esters is 1. The maximum Gasteiger partial charge on any atom is 0.333 e. The van der Waals surface area contributed by atoms with Crippen LogP contribution in [0.2, 0.25) is 0 Å². The fourth-order valence-electron chi connectivity index (χ4n) is 1.38. The molecule has 1 saturated carbocycles. The van der Waals surface area contributed by atoms with Gasteiger partial charge in [-0.3, -0.25) is 0 Å². The van der Waals surface area contributed by atoms with Gasteiger partial charge in [-0.25, -0.2) is 4.79 Å². The van der Waals surface area contributed by atoms with Crippen molar-refractivity contribution < 1.29 is 9.53 Å². The summed E-state index contributed by atoms with van der Waals surface area (Å²) >= 11 is 0. The summed E-state index contributed by atoms with van der Waals surface area (Å²) in [5, 5.41) is 0. The quantitative estimate of drug-likeness (QED) is 0.524. The van der Waals surface area contributed by atoms with Crippen LogP contribution in [0, 0.1) is 0 Å². The van der Waals surface area contributed by atoms with Gasteiger partial charge in [-0.15, -0.1) is 0 Å². The molecule has 0 amide bonds. The molecule has 2 heteroatoms. The highest BCUT2D eigenvalue weighted by atomic mass is 16.5. The topological polar surface area (TPSA) is 26.3 Å². The predicted molar refractivity (Wildman–Crippen MR) is 63.8 cm³/mol. The normalized spacial score (nSPS) is 14.8. The molecule has 2 nitrogen and oxygen atoms in total. The lowest BCUT2D eigenvalue weighted by molar-refractivity contribution is -0.138. The van der Waals surface area contributed by atoms with Crippen LogP contribution in [0.4, 0.5) is 0 Å². The Bertz CT molecular complexity index is 169. The van der Waals surface area contributed by atoms with Crippen molar-refractivity contribution in [3.63, 3.8) is 0 Å². The van der Waals surface area contributed by atoms with Crippen molar-refractivity contribution in [2.45, 2.75) is 58.8 Å². The molecule has 0 aromatic carbocycles. The summed E-state index contributed by atoms with van der Waals surface area (Å²) in [7, 11) is 0. The molecule has 0 atom stereocenters. The van der Waals surface area contributed by atoms with Crippen molar-refractivity contribution in [2.75, 3.05) is 6.61 Å². The Morgan fingerprint density at radius 1 is 1.13 bits per heavy atom. The fraction of sp³-hybridized carbons (Fsp3) is 0.769. The van der Waals surface area contributed by atoms with Crippen LogP contribution in [0.1, 0.15) is 58.8 Å². The molecule has 0 heterocycles. The highest BCUT2D eigenvalue weighted by Crippen LogP contribution is 2.15. The van der Waals surface area contributed by atoms with Crippen molar-refractivity contribution in [1.82, 2.24) is 0 Å². The molecular formula is C13H24O2. The standard InChI is InChI=1S/C7H12O2.C6H12/c1-4-5-9-7(8)6(2)3;1-2-4-6-5-3-1/h2,4-5H2,1,3H3;1-6H2. The van der Waals surface area contributed by atoms with Gasteiger partial charge in [0.15, 0.2) is 0 Å². The van der Waals surface area contributed by atoms with Crippen LogP contribution in [-0.2, 0) is 9.53 Å². The molecule has 15 heavy (non-hydrogen) atoms. The minimum absolute atomic E-state index is 0.295. The SMILES string of the molecule is C1CCCCC1.C=C(C)C(=O)OCCC. The maximum absolute atomic E-state index is 10.6. The third kappa shape index (κ3) is 9.51. The second-order valence-corrected chi connectivity index (χ2v) is 4.04. The molecule has 0 radical (unpaired) electrons. The molecule has 0 bridgehead atoms. The molecule has 1 rings (SSSR count). The van der Waals surface area contributed by atoms with Gasteiger partial charge in [-0.1, -0.05) is 52.0 Å². The largest absolute Gasteiger partial charge is 0.462 e. The van der Waals surface area contributed by atoms with Crippen molar-refractivity contribution >= 4 is 5.97 Å². The molecule has 0 aromatic rings. The van der Waals surface area contributed by atoms with Crippen molar-refractivity contribution in [3.05, 3.63) is 12.2 Å². The van der Waals surface area contributed by atoms with Crippen LogP contribution in [0.5, 0.6) is 0 Å². The molecule has 1 aliphatic carbocycles. The van der Waals surface area contributed by atoms with Gasteiger partial charge >= 0.3 is 5.97 Å². The first kappa shape index (κ1) is 14.2. The maximum atomic E-state index is 10.6. The molecule has 0 N–H and O–H groups in total. The third-order valence-electron chi connectivity index (χ3n) is 2.29. The number of carbonyl (C=O) groups excluding carboxylic acids is 1. The lowest BCUT2D eigenvalue weighted by Gasteiger charge is -2.05. The van der Waals surface area contributed by atoms with Crippen LogP contribution < -0.4 is 0 Å². The van der Waals surface area contributed by atoms with E-state index in [1.165, 1.54) is 38.5 Å². The third-order valence-corrected chi connectivity index (χ3v) is 2.29. The van der Waals surface area contributed by atoms with E-state index in [-0.39, 0.29) is 5.97 Å². The van der Waals surface area contributed by atoms with E-state index in [1.807, 2.05) is 6.92 Å². The van der Waals surface area contributed by atoms with Crippen LogP contribution >= 0.6 is 0 Å². The van der Waals surface area contributed by atoms with E-state index >= 15 is 0 Å². The van der Waals surface area contributed by atoms with E-state index in [0.717, 1.165) is 6.42 Å². The fourth-order valence-corrected chi connectivity index (χ4v) is 1.38. The Balaban J connectivity index is 0.000000280. The minimum Gasteiger partial charge on any atom is -0.462 e. The zero-order chi connectivity index (χ0) is 11.5. The predicted octanol–water partition coefficient (Wildman–Crippen LogP) is 3.86. The first-order chi connectivity index (χ1) is 7.18. The van der Waals surface area contributed by atoms with Crippen LogP contribution in [0.15, 0.2) is 12.2 Å². The Labute approximate surface area is 93.7 Å². The van der Waals surface area contributed by atoms with Gasteiger partial charge in [0.05, 0.1) is 6.61 Å². The van der Waals surface area contributed by atoms with E-state index < -0.39 is 0 Å². The van der Waals surface area contributed by atoms with Gasteiger partial charge in [0.1, 0.15) is 0 Å². The Kier molecular flexibility index (Phi) is 9.24. The van der Waals surface area contributed by atoms with Crippen molar-refractivity contribution in [3.8, 4) is 0 Å². The average molecular weight is 212 g/mol. The molecule has 0 spiro atoms. The average Bonchev–Trinajstić information content (AvgIpc) is 2.29. The van der Waals surface area contributed by atoms with Gasteiger partial charge in [-0.05, 0) is 13.3 Å². The Morgan fingerprint density at radius 3 is 1.80 bits per heavy atom. The lowest BCUT2D eigenvalue weighted by atomic mass is 10.0. The summed E-state index contributed by atoms with van der Waals surface area (Å²) in [6.45, 7) is 7.51. The number of ether oxygens (including phenoxy) is 1. The highest BCUT2D eigenvalue weighted by molar-refractivity contribution is 5.86. The summed E-state index contributed by atoms with van der Waals surface area (Å²) in [6, 6.07) is 0. The molecule has 88 valence electrons. The first-order valence-electron chi connectivity index (χ1n) is 6.01. The summed E-state index contributed by atoms with van der Waals surface area (Å²) in [5.74, 6) is -0.295. The van der Waals surface area contributed by atoms with Crippen LogP contribution in [0.25, 0.3) is 0 Å². The van der Waals surface area contributed by atoms with Gasteiger partial charge < -0.3 is 4.74 Å². The molecule has 0 aromatic heterocycles. The molecule has 1 aliphatic rings. The van der Waals surface area contributed by atoms with E-state index in [4.69, 9.17) is 4.74 Å². The number of carbonyl (C=O) groups is 1. The molecule has 0 saturated heterocycles.